The molecular weight excluding hydrogens is 394 g/mol. The maximum atomic E-state index is 12.9. The molecule has 4 rings (SSSR count). The Balaban J connectivity index is 1.46. The standard InChI is InChI=1S/C24H27N3O4/c1-15-8-3-6-13-20(15)27-23(30)22(29)26(24(27)31)14-21(28)25-16(2)18-12-7-10-17-9-4-5-11-19(17)18/h4-5,7,9-12,15-16,20H,3,6,8,13-14H2,1-2H3,(H,25,28)/t15-,16-,20+/m0/s1. The van der Waals surface area contributed by atoms with E-state index in [0.717, 1.165) is 45.4 Å². The number of rotatable bonds is 5. The van der Waals surface area contributed by atoms with Gasteiger partial charge in [-0.15, -0.1) is 0 Å². The summed E-state index contributed by atoms with van der Waals surface area (Å²) in [6, 6.07) is 12.5. The lowest BCUT2D eigenvalue weighted by molar-refractivity contribution is -0.145. The lowest BCUT2D eigenvalue weighted by Gasteiger charge is -2.34. The molecule has 3 atom stereocenters. The third-order valence-corrected chi connectivity index (χ3v) is 6.45. The first-order valence-electron chi connectivity index (χ1n) is 10.8. The quantitative estimate of drug-likeness (QED) is 0.592. The number of benzene rings is 2. The van der Waals surface area contributed by atoms with Crippen molar-refractivity contribution in [3.63, 3.8) is 0 Å². The number of imide groups is 2. The second-order valence-electron chi connectivity index (χ2n) is 8.54. The van der Waals surface area contributed by atoms with E-state index in [1.165, 1.54) is 0 Å². The highest BCUT2D eigenvalue weighted by molar-refractivity contribution is 6.45. The molecule has 162 valence electrons. The van der Waals surface area contributed by atoms with Gasteiger partial charge in [-0.05, 0) is 42.0 Å². The zero-order chi connectivity index (χ0) is 22.1. The lowest BCUT2D eigenvalue weighted by atomic mass is 9.85. The zero-order valence-electron chi connectivity index (χ0n) is 17.8. The van der Waals surface area contributed by atoms with E-state index >= 15 is 0 Å². The molecule has 5 amide bonds. The number of hydrogen-bond donors (Lipinski definition) is 1. The average Bonchev–Trinajstić information content (AvgIpc) is 2.97. The number of amides is 5. The average molecular weight is 421 g/mol. The molecule has 31 heavy (non-hydrogen) atoms. The largest absolute Gasteiger partial charge is 0.348 e. The van der Waals surface area contributed by atoms with Crippen molar-refractivity contribution in [2.24, 2.45) is 5.92 Å². The molecule has 1 N–H and O–H groups in total. The number of fused-ring (bicyclic) bond motifs is 1. The van der Waals surface area contributed by atoms with Gasteiger partial charge in [0.1, 0.15) is 6.54 Å². The highest BCUT2D eigenvalue weighted by Gasteiger charge is 2.49. The monoisotopic (exact) mass is 421 g/mol. The molecule has 2 fully saturated rings. The molecule has 7 nitrogen and oxygen atoms in total. The van der Waals surface area contributed by atoms with Gasteiger partial charge in [0.25, 0.3) is 0 Å². The number of carbonyl (C=O) groups excluding carboxylic acids is 4. The molecule has 1 saturated heterocycles. The number of hydrogen-bond acceptors (Lipinski definition) is 4. The van der Waals surface area contributed by atoms with E-state index in [-0.39, 0.29) is 18.0 Å². The predicted molar refractivity (Wildman–Crippen MR) is 116 cm³/mol. The highest BCUT2D eigenvalue weighted by Crippen LogP contribution is 2.31. The molecule has 1 aliphatic heterocycles. The van der Waals surface area contributed by atoms with Crippen LogP contribution in [0.5, 0.6) is 0 Å². The Bertz CT molecular complexity index is 1040. The number of urea groups is 1. The number of carbonyl (C=O) groups is 4. The summed E-state index contributed by atoms with van der Waals surface area (Å²) in [5.41, 5.74) is 0.944. The third kappa shape index (κ3) is 3.92. The Hall–Kier alpha value is -3.22. The van der Waals surface area contributed by atoms with Gasteiger partial charge < -0.3 is 5.32 Å². The van der Waals surface area contributed by atoms with Crippen LogP contribution in [0.15, 0.2) is 42.5 Å². The normalized spacial score (nSPS) is 22.8. The van der Waals surface area contributed by atoms with Crippen molar-refractivity contribution in [1.29, 1.82) is 0 Å². The Morgan fingerprint density at radius 3 is 2.52 bits per heavy atom. The van der Waals surface area contributed by atoms with Crippen LogP contribution in [-0.4, -0.2) is 46.1 Å². The molecule has 1 saturated carbocycles. The third-order valence-electron chi connectivity index (χ3n) is 6.45. The van der Waals surface area contributed by atoms with Gasteiger partial charge in [0.2, 0.25) is 5.91 Å². The van der Waals surface area contributed by atoms with Crippen LogP contribution in [-0.2, 0) is 14.4 Å². The first kappa shape index (κ1) is 21.0. The smallest absolute Gasteiger partial charge is 0.334 e. The van der Waals surface area contributed by atoms with Crippen molar-refractivity contribution in [3.05, 3.63) is 48.0 Å². The van der Waals surface area contributed by atoms with Gasteiger partial charge in [-0.25, -0.2) is 9.69 Å². The zero-order valence-corrected chi connectivity index (χ0v) is 17.8. The minimum absolute atomic E-state index is 0.148. The van der Waals surface area contributed by atoms with Crippen molar-refractivity contribution in [2.45, 2.75) is 51.6 Å². The summed E-state index contributed by atoms with van der Waals surface area (Å²) in [5, 5.41) is 4.95. The number of nitrogens with zero attached hydrogens (tertiary/aromatic N) is 2. The molecule has 0 radical (unpaired) electrons. The Morgan fingerprint density at radius 2 is 1.74 bits per heavy atom. The first-order valence-corrected chi connectivity index (χ1v) is 10.8. The summed E-state index contributed by atoms with van der Waals surface area (Å²) in [6.45, 7) is 3.39. The van der Waals surface area contributed by atoms with Gasteiger partial charge in [0.15, 0.2) is 0 Å². The minimum atomic E-state index is -0.921. The van der Waals surface area contributed by atoms with Crippen molar-refractivity contribution >= 4 is 34.5 Å². The summed E-state index contributed by atoms with van der Waals surface area (Å²) >= 11 is 0. The molecule has 2 aromatic rings. The second kappa shape index (κ2) is 8.49. The van der Waals surface area contributed by atoms with Crippen LogP contribution in [0.1, 0.15) is 51.1 Å². The van der Waals surface area contributed by atoms with Crippen molar-refractivity contribution in [3.8, 4) is 0 Å². The predicted octanol–water partition coefficient (Wildman–Crippen LogP) is 3.39. The van der Waals surface area contributed by atoms with Gasteiger partial charge in [0, 0.05) is 6.04 Å². The van der Waals surface area contributed by atoms with E-state index < -0.39 is 30.3 Å². The molecule has 1 heterocycles. The molecule has 1 aliphatic carbocycles. The molecule has 2 aromatic carbocycles. The maximum absolute atomic E-state index is 12.9. The van der Waals surface area contributed by atoms with E-state index in [4.69, 9.17) is 0 Å². The van der Waals surface area contributed by atoms with Gasteiger partial charge >= 0.3 is 17.8 Å². The Kier molecular flexibility index (Phi) is 5.76. The summed E-state index contributed by atoms with van der Waals surface area (Å²) < 4.78 is 0. The van der Waals surface area contributed by atoms with Crippen LogP contribution in [0.3, 0.4) is 0 Å². The fraction of sp³-hybridized carbons (Fsp3) is 0.417. The molecular formula is C24H27N3O4. The summed E-state index contributed by atoms with van der Waals surface area (Å²) in [4.78, 5) is 52.4. The van der Waals surface area contributed by atoms with Crippen molar-refractivity contribution < 1.29 is 19.2 Å². The topological polar surface area (TPSA) is 86.8 Å². The Morgan fingerprint density at radius 1 is 1.03 bits per heavy atom. The molecule has 0 unspecified atom stereocenters. The van der Waals surface area contributed by atoms with Crippen LogP contribution in [0, 0.1) is 5.92 Å². The van der Waals surface area contributed by atoms with Crippen LogP contribution in [0.2, 0.25) is 0 Å². The van der Waals surface area contributed by atoms with Gasteiger partial charge in [-0.3, -0.25) is 19.3 Å². The van der Waals surface area contributed by atoms with E-state index in [0.29, 0.717) is 6.42 Å². The molecule has 7 heteroatoms. The van der Waals surface area contributed by atoms with E-state index in [1.54, 1.807) is 0 Å². The fourth-order valence-electron chi connectivity index (χ4n) is 4.77. The maximum Gasteiger partial charge on any atom is 0.334 e. The van der Waals surface area contributed by atoms with Crippen LogP contribution in [0.4, 0.5) is 4.79 Å². The minimum Gasteiger partial charge on any atom is -0.348 e. The van der Waals surface area contributed by atoms with Gasteiger partial charge in [-0.2, -0.15) is 0 Å². The van der Waals surface area contributed by atoms with Crippen molar-refractivity contribution in [1.82, 2.24) is 15.1 Å². The van der Waals surface area contributed by atoms with Crippen LogP contribution < -0.4 is 5.32 Å². The SMILES string of the molecule is C[C@H](NC(=O)CN1C(=O)C(=O)N([C@@H]2CCCC[C@@H]2C)C1=O)c1cccc2ccccc12. The summed E-state index contributed by atoms with van der Waals surface area (Å²) in [5.74, 6) is -2.07. The Labute approximate surface area is 181 Å². The van der Waals surface area contributed by atoms with E-state index in [2.05, 4.69) is 5.32 Å². The molecule has 0 aromatic heterocycles. The molecule has 2 aliphatic rings. The van der Waals surface area contributed by atoms with Gasteiger partial charge in [-0.1, -0.05) is 62.2 Å². The first-order chi connectivity index (χ1) is 14.9. The molecule has 0 bridgehead atoms. The van der Waals surface area contributed by atoms with Crippen molar-refractivity contribution in [2.75, 3.05) is 6.54 Å². The lowest BCUT2D eigenvalue weighted by Crippen LogP contribution is -2.47. The summed E-state index contributed by atoms with van der Waals surface area (Å²) in [7, 11) is 0. The van der Waals surface area contributed by atoms with E-state index in [1.807, 2.05) is 56.3 Å². The number of nitrogens with one attached hydrogen (secondary N) is 1. The van der Waals surface area contributed by atoms with Crippen LogP contribution in [0.25, 0.3) is 10.8 Å². The molecule has 0 spiro atoms. The fourth-order valence-corrected chi connectivity index (χ4v) is 4.77. The van der Waals surface area contributed by atoms with Crippen LogP contribution >= 0.6 is 0 Å². The second-order valence-corrected chi connectivity index (χ2v) is 8.54. The van der Waals surface area contributed by atoms with E-state index in [9.17, 15) is 19.2 Å². The summed E-state index contributed by atoms with van der Waals surface area (Å²) in [6.07, 6.45) is 3.59. The van der Waals surface area contributed by atoms with Gasteiger partial charge in [0.05, 0.1) is 6.04 Å². The highest BCUT2D eigenvalue weighted by atomic mass is 16.2.